The van der Waals surface area contributed by atoms with Crippen molar-refractivity contribution in [3.63, 3.8) is 0 Å². The van der Waals surface area contributed by atoms with Crippen molar-refractivity contribution in [2.75, 3.05) is 19.8 Å². The number of amides is 1. The third-order valence-corrected chi connectivity index (χ3v) is 4.36. The number of hydrogen-bond donors (Lipinski definition) is 2. The molecule has 0 heterocycles. The zero-order valence-corrected chi connectivity index (χ0v) is 16.4. The number of carbonyl (C=O) groups is 1. The Morgan fingerprint density at radius 3 is 2.64 bits per heavy atom. The van der Waals surface area contributed by atoms with Gasteiger partial charge in [0.1, 0.15) is 0 Å². The van der Waals surface area contributed by atoms with Gasteiger partial charge in [-0.1, -0.05) is 24.9 Å². The molecule has 1 aromatic rings. The van der Waals surface area contributed by atoms with E-state index in [0.717, 1.165) is 25.7 Å². The molecule has 3 N–H and O–H groups in total. The van der Waals surface area contributed by atoms with Crippen LogP contribution in [0.15, 0.2) is 12.1 Å². The molecule has 25 heavy (non-hydrogen) atoms. The normalized spacial score (nSPS) is 14.4. The van der Waals surface area contributed by atoms with E-state index in [1.807, 2.05) is 6.92 Å². The number of rotatable bonds is 10. The number of ether oxygens (including phenoxy) is 2. The summed E-state index contributed by atoms with van der Waals surface area (Å²) in [5.74, 6) is 1.32. The van der Waals surface area contributed by atoms with E-state index in [0.29, 0.717) is 47.8 Å². The van der Waals surface area contributed by atoms with Gasteiger partial charge in [0.15, 0.2) is 11.5 Å². The van der Waals surface area contributed by atoms with Crippen molar-refractivity contribution in [1.82, 2.24) is 5.32 Å². The number of benzene rings is 1. The van der Waals surface area contributed by atoms with E-state index in [9.17, 15) is 4.79 Å². The first-order valence-electron chi connectivity index (χ1n) is 8.70. The SMILES string of the molecule is CCCCOc1c(Cl)cc(C(=O)NC(CN)C2CC2)cc1OCC.Cl. The molecule has 0 aromatic heterocycles. The maximum absolute atomic E-state index is 12.5. The van der Waals surface area contributed by atoms with Gasteiger partial charge in [-0.05, 0) is 44.2 Å². The molecule has 0 radical (unpaired) electrons. The zero-order valence-electron chi connectivity index (χ0n) is 14.8. The highest BCUT2D eigenvalue weighted by Crippen LogP contribution is 2.37. The average molecular weight is 391 g/mol. The molecule has 0 spiro atoms. The van der Waals surface area contributed by atoms with Crippen molar-refractivity contribution < 1.29 is 14.3 Å². The summed E-state index contributed by atoms with van der Waals surface area (Å²) in [6, 6.07) is 3.33. The van der Waals surface area contributed by atoms with Crippen LogP contribution in [0.1, 0.15) is 49.9 Å². The minimum absolute atomic E-state index is 0. The Kier molecular flexibility index (Phi) is 9.39. The van der Waals surface area contributed by atoms with E-state index in [-0.39, 0.29) is 24.4 Å². The van der Waals surface area contributed by atoms with Gasteiger partial charge >= 0.3 is 0 Å². The van der Waals surface area contributed by atoms with E-state index < -0.39 is 0 Å². The third-order valence-electron chi connectivity index (χ3n) is 4.08. The van der Waals surface area contributed by atoms with Gasteiger partial charge in [-0.3, -0.25) is 4.79 Å². The Balaban J connectivity index is 0.00000312. The number of carbonyl (C=O) groups excluding carboxylic acids is 1. The van der Waals surface area contributed by atoms with E-state index in [2.05, 4.69) is 12.2 Å². The summed E-state index contributed by atoms with van der Waals surface area (Å²) in [4.78, 5) is 12.5. The van der Waals surface area contributed by atoms with E-state index >= 15 is 0 Å². The molecule has 1 unspecified atom stereocenters. The van der Waals surface area contributed by atoms with Gasteiger partial charge in [-0.25, -0.2) is 0 Å². The third kappa shape index (κ3) is 6.24. The van der Waals surface area contributed by atoms with Crippen molar-refractivity contribution in [3.05, 3.63) is 22.7 Å². The van der Waals surface area contributed by atoms with Crippen molar-refractivity contribution in [2.45, 2.75) is 45.6 Å². The van der Waals surface area contributed by atoms with Crippen molar-refractivity contribution in [1.29, 1.82) is 0 Å². The fourth-order valence-corrected chi connectivity index (χ4v) is 2.81. The Morgan fingerprint density at radius 1 is 1.36 bits per heavy atom. The van der Waals surface area contributed by atoms with Gasteiger partial charge in [0.2, 0.25) is 0 Å². The quantitative estimate of drug-likeness (QED) is 0.595. The summed E-state index contributed by atoms with van der Waals surface area (Å²) in [6.07, 6.45) is 4.21. The smallest absolute Gasteiger partial charge is 0.251 e. The first kappa shape index (κ1) is 21.9. The highest BCUT2D eigenvalue weighted by Gasteiger charge is 2.31. The fraction of sp³-hybridized carbons (Fsp3) is 0.611. The number of nitrogens with two attached hydrogens (primary N) is 1. The molecule has 1 fully saturated rings. The highest BCUT2D eigenvalue weighted by molar-refractivity contribution is 6.32. The summed E-state index contributed by atoms with van der Waals surface area (Å²) in [7, 11) is 0. The minimum atomic E-state index is -0.180. The number of halogens is 2. The molecular formula is C18H28Cl2N2O3. The standard InChI is InChI=1S/C18H27ClN2O3.ClH/c1-3-5-8-24-17-14(19)9-13(10-16(17)23-4-2)18(22)21-15(11-20)12-6-7-12;/h9-10,12,15H,3-8,11,20H2,1-2H3,(H,21,22);1H. The molecule has 142 valence electrons. The summed E-state index contributed by atoms with van der Waals surface area (Å²) in [6.45, 7) is 5.46. The Bertz CT molecular complexity index is 565. The van der Waals surface area contributed by atoms with Gasteiger partial charge in [0, 0.05) is 18.2 Å². The Hall–Kier alpha value is -1.17. The van der Waals surface area contributed by atoms with Crippen molar-refractivity contribution in [3.8, 4) is 11.5 Å². The summed E-state index contributed by atoms with van der Waals surface area (Å²) in [5, 5.41) is 3.38. The molecule has 2 rings (SSSR count). The molecule has 1 aliphatic rings. The lowest BCUT2D eigenvalue weighted by molar-refractivity contribution is 0.0933. The van der Waals surface area contributed by atoms with Crippen LogP contribution in [-0.4, -0.2) is 31.7 Å². The predicted molar refractivity (Wildman–Crippen MR) is 103 cm³/mol. The molecule has 1 aliphatic carbocycles. The van der Waals surface area contributed by atoms with Crippen LogP contribution < -0.4 is 20.5 Å². The van der Waals surface area contributed by atoms with Crippen LogP contribution in [0, 0.1) is 5.92 Å². The maximum atomic E-state index is 12.5. The maximum Gasteiger partial charge on any atom is 0.251 e. The molecular weight excluding hydrogens is 363 g/mol. The molecule has 0 aliphatic heterocycles. The summed E-state index contributed by atoms with van der Waals surface area (Å²) in [5.41, 5.74) is 6.22. The lowest BCUT2D eigenvalue weighted by Crippen LogP contribution is -2.41. The van der Waals surface area contributed by atoms with Gasteiger partial charge in [0.05, 0.1) is 18.2 Å². The average Bonchev–Trinajstić information content (AvgIpc) is 3.39. The summed E-state index contributed by atoms with van der Waals surface area (Å²) >= 11 is 6.33. The van der Waals surface area contributed by atoms with Crippen molar-refractivity contribution in [2.24, 2.45) is 11.7 Å². The molecule has 1 amide bonds. The first-order valence-corrected chi connectivity index (χ1v) is 9.08. The van der Waals surface area contributed by atoms with Crippen LogP contribution in [-0.2, 0) is 0 Å². The second-order valence-electron chi connectivity index (χ2n) is 6.07. The molecule has 1 aromatic carbocycles. The number of unbranched alkanes of at least 4 members (excludes halogenated alkanes) is 1. The first-order chi connectivity index (χ1) is 11.6. The molecule has 1 atom stereocenters. The molecule has 1 saturated carbocycles. The van der Waals surface area contributed by atoms with Crippen LogP contribution in [0.3, 0.4) is 0 Å². The van der Waals surface area contributed by atoms with Gasteiger partial charge in [-0.15, -0.1) is 12.4 Å². The second kappa shape index (κ2) is 10.7. The molecule has 7 heteroatoms. The van der Waals surface area contributed by atoms with Crippen LogP contribution in [0.4, 0.5) is 0 Å². The molecule has 0 saturated heterocycles. The molecule has 0 bridgehead atoms. The highest BCUT2D eigenvalue weighted by atomic mass is 35.5. The van der Waals surface area contributed by atoms with Crippen molar-refractivity contribution >= 4 is 29.9 Å². The summed E-state index contributed by atoms with van der Waals surface area (Å²) < 4.78 is 11.4. The number of nitrogens with one attached hydrogen (secondary N) is 1. The van der Waals surface area contributed by atoms with E-state index in [1.54, 1.807) is 12.1 Å². The number of hydrogen-bond acceptors (Lipinski definition) is 4. The van der Waals surface area contributed by atoms with Crippen LogP contribution >= 0.6 is 24.0 Å². The zero-order chi connectivity index (χ0) is 17.5. The lowest BCUT2D eigenvalue weighted by Gasteiger charge is -2.18. The monoisotopic (exact) mass is 390 g/mol. The van der Waals surface area contributed by atoms with E-state index in [1.165, 1.54) is 0 Å². The van der Waals surface area contributed by atoms with Crippen LogP contribution in [0.2, 0.25) is 5.02 Å². The minimum Gasteiger partial charge on any atom is -0.490 e. The topological polar surface area (TPSA) is 73.6 Å². The van der Waals surface area contributed by atoms with Gasteiger partial charge in [-0.2, -0.15) is 0 Å². The van der Waals surface area contributed by atoms with Gasteiger partial charge < -0.3 is 20.5 Å². The van der Waals surface area contributed by atoms with Gasteiger partial charge in [0.25, 0.3) is 5.91 Å². The fourth-order valence-electron chi connectivity index (χ4n) is 2.54. The predicted octanol–water partition coefficient (Wildman–Crippen LogP) is 3.81. The largest absolute Gasteiger partial charge is 0.490 e. The second-order valence-corrected chi connectivity index (χ2v) is 6.48. The van der Waals surface area contributed by atoms with Crippen LogP contribution in [0.5, 0.6) is 11.5 Å². The Labute approximate surface area is 161 Å². The molecule has 5 nitrogen and oxygen atoms in total. The Morgan fingerprint density at radius 2 is 2.08 bits per heavy atom. The van der Waals surface area contributed by atoms with Crippen LogP contribution in [0.25, 0.3) is 0 Å². The van der Waals surface area contributed by atoms with E-state index in [4.69, 9.17) is 26.8 Å². The lowest BCUT2D eigenvalue weighted by atomic mass is 10.1.